The molecular weight excluding hydrogens is 324 g/mol. The first-order valence-corrected chi connectivity index (χ1v) is 9.48. The fourth-order valence-electron chi connectivity index (χ4n) is 2.90. The number of carbonyl (C=O) groups excluding carboxylic acids is 1. The highest BCUT2D eigenvalue weighted by Crippen LogP contribution is 2.32. The molecule has 24 heavy (non-hydrogen) atoms. The lowest BCUT2D eigenvalue weighted by Gasteiger charge is -2.15. The van der Waals surface area contributed by atoms with Gasteiger partial charge in [-0.3, -0.25) is 4.79 Å². The van der Waals surface area contributed by atoms with E-state index in [1.54, 1.807) is 19.1 Å². The van der Waals surface area contributed by atoms with Crippen LogP contribution in [-0.2, 0) is 21.2 Å². The van der Waals surface area contributed by atoms with Crippen molar-refractivity contribution in [3.8, 4) is 0 Å². The van der Waals surface area contributed by atoms with Crippen LogP contribution in [0.3, 0.4) is 0 Å². The van der Waals surface area contributed by atoms with Crippen LogP contribution in [0.1, 0.15) is 36.9 Å². The van der Waals surface area contributed by atoms with E-state index in [2.05, 4.69) is 10.0 Å². The first-order chi connectivity index (χ1) is 11.5. The Morgan fingerprint density at radius 3 is 2.54 bits per heavy atom. The van der Waals surface area contributed by atoms with Gasteiger partial charge in [0.15, 0.2) is 0 Å². The monoisotopic (exact) mass is 344 g/mol. The molecule has 1 aliphatic carbocycles. The molecule has 0 unspecified atom stereocenters. The predicted molar refractivity (Wildman–Crippen MR) is 93.2 cm³/mol. The highest BCUT2D eigenvalue weighted by atomic mass is 32.2. The largest absolute Gasteiger partial charge is 0.326 e. The number of anilines is 1. The number of hydrogen-bond donors (Lipinski definition) is 2. The van der Waals surface area contributed by atoms with E-state index in [-0.39, 0.29) is 16.8 Å². The van der Waals surface area contributed by atoms with Gasteiger partial charge >= 0.3 is 0 Å². The summed E-state index contributed by atoms with van der Waals surface area (Å²) in [7, 11) is -3.60. The highest BCUT2D eigenvalue weighted by molar-refractivity contribution is 7.89. The number of aryl methyl sites for hydroxylation is 1. The third kappa shape index (κ3) is 3.49. The van der Waals surface area contributed by atoms with E-state index >= 15 is 0 Å². The summed E-state index contributed by atoms with van der Waals surface area (Å²) >= 11 is 0. The number of nitrogens with one attached hydrogen (secondary N) is 2. The van der Waals surface area contributed by atoms with Gasteiger partial charge in [-0.2, -0.15) is 0 Å². The van der Waals surface area contributed by atoms with Crippen LogP contribution in [0.15, 0.2) is 53.4 Å². The average molecular weight is 344 g/mol. The molecule has 126 valence electrons. The van der Waals surface area contributed by atoms with Gasteiger partial charge in [-0.15, -0.1) is 0 Å². The molecule has 5 nitrogen and oxygen atoms in total. The molecule has 0 spiro atoms. The summed E-state index contributed by atoms with van der Waals surface area (Å²) in [5, 5.41) is 2.70. The second-order valence-corrected chi connectivity index (χ2v) is 7.55. The van der Waals surface area contributed by atoms with Crippen LogP contribution < -0.4 is 10.0 Å². The van der Waals surface area contributed by atoms with E-state index in [4.69, 9.17) is 0 Å². The fourth-order valence-corrected chi connectivity index (χ4v) is 4.15. The summed E-state index contributed by atoms with van der Waals surface area (Å²) in [5.41, 5.74) is 2.84. The van der Waals surface area contributed by atoms with Crippen LogP contribution in [0.2, 0.25) is 0 Å². The van der Waals surface area contributed by atoms with E-state index in [9.17, 15) is 13.2 Å². The Morgan fingerprint density at radius 2 is 1.83 bits per heavy atom. The summed E-state index contributed by atoms with van der Waals surface area (Å²) in [6.45, 7) is 1.76. The van der Waals surface area contributed by atoms with Gasteiger partial charge in [0.05, 0.1) is 4.90 Å². The molecule has 3 rings (SSSR count). The molecule has 0 bridgehead atoms. The topological polar surface area (TPSA) is 75.3 Å². The van der Waals surface area contributed by atoms with Crippen molar-refractivity contribution in [3.63, 3.8) is 0 Å². The van der Waals surface area contributed by atoms with Crippen LogP contribution in [-0.4, -0.2) is 14.3 Å². The molecule has 1 atom stereocenters. The Morgan fingerprint density at radius 1 is 1.12 bits per heavy atom. The molecule has 0 saturated carbocycles. The van der Waals surface area contributed by atoms with Crippen LogP contribution in [0.4, 0.5) is 5.69 Å². The summed E-state index contributed by atoms with van der Waals surface area (Å²) in [4.78, 5) is 11.6. The Labute approximate surface area is 142 Å². The van der Waals surface area contributed by atoms with Gasteiger partial charge in [0.25, 0.3) is 0 Å². The highest BCUT2D eigenvalue weighted by Gasteiger charge is 2.27. The normalized spacial score (nSPS) is 16.6. The minimum atomic E-state index is -3.60. The standard InChI is InChI=1S/C18H20N2O3S/c1-2-18(21)19-14-8-10-15(11-9-14)24(22,23)20-17-12-7-13-5-3-4-6-16(13)17/h3-6,8-11,17,20H,2,7,12H2,1H3,(H,19,21)/t17-/m0/s1. The van der Waals surface area contributed by atoms with E-state index in [0.717, 1.165) is 18.4 Å². The molecule has 2 aromatic rings. The van der Waals surface area contributed by atoms with E-state index in [1.165, 1.54) is 17.7 Å². The Hall–Kier alpha value is -2.18. The van der Waals surface area contributed by atoms with Crippen molar-refractivity contribution in [1.29, 1.82) is 0 Å². The van der Waals surface area contributed by atoms with Crippen molar-refractivity contribution < 1.29 is 13.2 Å². The number of amides is 1. The maximum absolute atomic E-state index is 12.6. The zero-order valence-corrected chi connectivity index (χ0v) is 14.3. The molecule has 2 aromatic carbocycles. The van der Waals surface area contributed by atoms with Crippen LogP contribution >= 0.6 is 0 Å². The lowest BCUT2D eigenvalue weighted by molar-refractivity contribution is -0.115. The van der Waals surface area contributed by atoms with Crippen molar-refractivity contribution in [2.24, 2.45) is 0 Å². The van der Waals surface area contributed by atoms with E-state index < -0.39 is 10.0 Å². The zero-order valence-electron chi connectivity index (χ0n) is 13.5. The molecular formula is C18H20N2O3S. The van der Waals surface area contributed by atoms with Gasteiger partial charge in [0.2, 0.25) is 15.9 Å². The molecule has 6 heteroatoms. The van der Waals surface area contributed by atoms with Crippen molar-refractivity contribution in [2.75, 3.05) is 5.32 Å². The van der Waals surface area contributed by atoms with Crippen molar-refractivity contribution in [1.82, 2.24) is 4.72 Å². The van der Waals surface area contributed by atoms with Gasteiger partial charge < -0.3 is 5.32 Å². The van der Waals surface area contributed by atoms with Crippen LogP contribution in [0.5, 0.6) is 0 Å². The predicted octanol–water partition coefficient (Wildman–Crippen LogP) is 3.00. The van der Waals surface area contributed by atoms with Gasteiger partial charge in [0, 0.05) is 18.2 Å². The summed E-state index contributed by atoms with van der Waals surface area (Å²) in [6.07, 6.45) is 2.03. The molecule has 0 heterocycles. The van der Waals surface area contributed by atoms with Gasteiger partial charge in [-0.25, -0.2) is 13.1 Å². The maximum atomic E-state index is 12.6. The SMILES string of the molecule is CCC(=O)Nc1ccc(S(=O)(=O)N[C@H]2CCc3ccccc32)cc1. The maximum Gasteiger partial charge on any atom is 0.241 e. The first-order valence-electron chi connectivity index (χ1n) is 7.99. The molecule has 0 aromatic heterocycles. The van der Waals surface area contributed by atoms with Crippen LogP contribution in [0.25, 0.3) is 0 Å². The third-order valence-corrected chi connectivity index (χ3v) is 5.69. The molecule has 0 aliphatic heterocycles. The molecule has 1 aliphatic rings. The van der Waals surface area contributed by atoms with Gasteiger partial charge in [-0.05, 0) is 48.2 Å². The zero-order chi connectivity index (χ0) is 17.2. The lowest BCUT2D eigenvalue weighted by Crippen LogP contribution is -2.27. The quantitative estimate of drug-likeness (QED) is 0.875. The Kier molecular flexibility index (Phi) is 4.69. The lowest BCUT2D eigenvalue weighted by atomic mass is 10.1. The van der Waals surface area contributed by atoms with Crippen molar-refractivity contribution in [2.45, 2.75) is 37.1 Å². The number of rotatable bonds is 5. The van der Waals surface area contributed by atoms with Crippen molar-refractivity contribution >= 4 is 21.6 Å². The number of fused-ring (bicyclic) bond motifs is 1. The number of sulfonamides is 1. The second kappa shape index (κ2) is 6.75. The Balaban J connectivity index is 1.75. The number of hydrogen-bond acceptors (Lipinski definition) is 3. The van der Waals surface area contributed by atoms with Crippen LogP contribution in [0, 0.1) is 0 Å². The molecule has 0 radical (unpaired) electrons. The number of carbonyl (C=O) groups is 1. The van der Waals surface area contributed by atoms with Gasteiger partial charge in [0.1, 0.15) is 0 Å². The molecule has 0 fully saturated rings. The molecule has 2 N–H and O–H groups in total. The minimum Gasteiger partial charge on any atom is -0.326 e. The summed E-state index contributed by atoms with van der Waals surface area (Å²) < 4.78 is 28.0. The van der Waals surface area contributed by atoms with E-state index in [1.807, 2.05) is 24.3 Å². The van der Waals surface area contributed by atoms with Gasteiger partial charge in [-0.1, -0.05) is 31.2 Å². The average Bonchev–Trinajstić information content (AvgIpc) is 2.98. The molecule has 0 saturated heterocycles. The number of benzene rings is 2. The third-order valence-electron chi connectivity index (χ3n) is 4.20. The first kappa shape index (κ1) is 16.7. The molecule has 1 amide bonds. The fraction of sp³-hybridized carbons (Fsp3) is 0.278. The van der Waals surface area contributed by atoms with Crippen molar-refractivity contribution in [3.05, 3.63) is 59.7 Å². The smallest absolute Gasteiger partial charge is 0.241 e. The minimum absolute atomic E-state index is 0.105. The Bertz CT molecular complexity index is 845. The van der Waals surface area contributed by atoms with E-state index in [0.29, 0.717) is 12.1 Å². The summed E-state index contributed by atoms with van der Waals surface area (Å²) in [6, 6.07) is 13.9. The summed E-state index contributed by atoms with van der Waals surface area (Å²) in [5.74, 6) is -0.105. The second-order valence-electron chi connectivity index (χ2n) is 5.84.